The number of alkyl halides is 2. The highest BCUT2D eigenvalue weighted by Gasteiger charge is 2.35. The van der Waals surface area contributed by atoms with Gasteiger partial charge in [-0.15, -0.1) is 0 Å². The van der Waals surface area contributed by atoms with E-state index in [9.17, 15) is 9.18 Å². The van der Waals surface area contributed by atoms with Crippen molar-refractivity contribution in [1.82, 2.24) is 0 Å². The molecule has 1 aromatic rings. The number of rotatable bonds is 5. The lowest BCUT2D eigenvalue weighted by molar-refractivity contribution is -0.144. The zero-order valence-electron chi connectivity index (χ0n) is 11.2. The molecule has 112 valence electrons. The van der Waals surface area contributed by atoms with Crippen LogP contribution in [0.25, 0.3) is 0 Å². The number of halogens is 2. The lowest BCUT2D eigenvalue weighted by atomic mass is 10.1. The van der Waals surface area contributed by atoms with E-state index >= 15 is 0 Å². The molecule has 1 aliphatic carbocycles. The van der Waals surface area contributed by atoms with Gasteiger partial charge in [-0.2, -0.15) is 0 Å². The van der Waals surface area contributed by atoms with Crippen LogP contribution in [0.15, 0.2) is 48.6 Å². The van der Waals surface area contributed by atoms with Gasteiger partial charge in [0.25, 0.3) is 0 Å². The second kappa shape index (κ2) is 6.30. The molecule has 21 heavy (non-hydrogen) atoms. The Bertz CT molecular complexity index is 566. The van der Waals surface area contributed by atoms with E-state index in [1.165, 1.54) is 13.0 Å². The number of aliphatic carboxylic acids is 1. The third kappa shape index (κ3) is 4.07. The SMILES string of the molecule is CC(Oc1ccc(OC2C=CC=CC2(F)Br)cc1)C(=O)O. The summed E-state index contributed by atoms with van der Waals surface area (Å²) in [6.45, 7) is 1.44. The number of hydrogen-bond donors (Lipinski definition) is 1. The van der Waals surface area contributed by atoms with Gasteiger partial charge in [-0.25, -0.2) is 9.18 Å². The maximum Gasteiger partial charge on any atom is 0.344 e. The fourth-order valence-corrected chi connectivity index (χ4v) is 2.09. The number of allylic oxidation sites excluding steroid dienone is 2. The normalized spacial score (nSPS) is 25.4. The van der Waals surface area contributed by atoms with Gasteiger partial charge in [0.15, 0.2) is 12.2 Å². The fraction of sp³-hybridized carbons (Fsp3) is 0.267. The lowest BCUT2D eigenvalue weighted by Gasteiger charge is -2.26. The zero-order valence-corrected chi connectivity index (χ0v) is 12.8. The summed E-state index contributed by atoms with van der Waals surface area (Å²) in [6.07, 6.45) is 4.54. The maximum absolute atomic E-state index is 14.1. The first-order valence-corrected chi connectivity index (χ1v) is 7.08. The monoisotopic (exact) mass is 356 g/mol. The van der Waals surface area contributed by atoms with Gasteiger partial charge in [-0.1, -0.05) is 12.2 Å². The first-order chi connectivity index (χ1) is 9.88. The molecule has 1 aliphatic rings. The summed E-state index contributed by atoms with van der Waals surface area (Å²) in [5.41, 5.74) is 0. The summed E-state index contributed by atoms with van der Waals surface area (Å²) >= 11 is 2.96. The van der Waals surface area contributed by atoms with Crippen molar-refractivity contribution >= 4 is 21.9 Å². The number of carbonyl (C=O) groups is 1. The Morgan fingerprint density at radius 3 is 2.52 bits per heavy atom. The predicted molar refractivity (Wildman–Crippen MR) is 79.6 cm³/mol. The van der Waals surface area contributed by atoms with Gasteiger partial charge in [0.1, 0.15) is 11.5 Å². The second-order valence-corrected chi connectivity index (χ2v) is 5.74. The molecule has 2 rings (SSSR count). The minimum Gasteiger partial charge on any atom is -0.482 e. The molecule has 0 bridgehead atoms. The summed E-state index contributed by atoms with van der Waals surface area (Å²) in [5.74, 6) is -0.186. The average Bonchev–Trinajstić information content (AvgIpc) is 2.43. The van der Waals surface area contributed by atoms with Crippen molar-refractivity contribution in [3.05, 3.63) is 48.6 Å². The molecule has 1 aromatic carbocycles. The number of carboxylic acids is 1. The molecule has 0 saturated heterocycles. The highest BCUT2D eigenvalue weighted by molar-refractivity contribution is 9.10. The molecule has 0 aliphatic heterocycles. The summed E-state index contributed by atoms with van der Waals surface area (Å²) in [7, 11) is 0. The van der Waals surface area contributed by atoms with E-state index in [1.807, 2.05) is 0 Å². The minimum absolute atomic E-state index is 0.404. The van der Waals surface area contributed by atoms with E-state index in [4.69, 9.17) is 14.6 Å². The van der Waals surface area contributed by atoms with Crippen molar-refractivity contribution in [3.63, 3.8) is 0 Å². The van der Waals surface area contributed by atoms with Gasteiger partial charge in [0.2, 0.25) is 4.58 Å². The molecule has 0 spiro atoms. The first kappa shape index (κ1) is 15.6. The summed E-state index contributed by atoms with van der Waals surface area (Å²) in [5, 5.41) is 8.76. The van der Waals surface area contributed by atoms with Gasteiger partial charge < -0.3 is 14.6 Å². The Kier molecular flexibility index (Phi) is 4.67. The number of ether oxygens (including phenoxy) is 2. The van der Waals surface area contributed by atoms with Crippen molar-refractivity contribution < 1.29 is 23.8 Å². The molecule has 0 aromatic heterocycles. The maximum atomic E-state index is 14.1. The van der Waals surface area contributed by atoms with Gasteiger partial charge in [-0.05, 0) is 59.3 Å². The van der Waals surface area contributed by atoms with Crippen LogP contribution in [0, 0.1) is 0 Å². The van der Waals surface area contributed by atoms with Crippen LogP contribution in [0.1, 0.15) is 6.92 Å². The van der Waals surface area contributed by atoms with Crippen LogP contribution >= 0.6 is 15.9 Å². The van der Waals surface area contributed by atoms with Crippen LogP contribution < -0.4 is 9.47 Å². The Labute approximate surface area is 130 Å². The second-order valence-electron chi connectivity index (χ2n) is 4.53. The van der Waals surface area contributed by atoms with Crippen molar-refractivity contribution in [2.24, 2.45) is 0 Å². The van der Waals surface area contributed by atoms with Crippen LogP contribution in [0.5, 0.6) is 11.5 Å². The molecule has 0 fully saturated rings. The minimum atomic E-state index is -1.76. The molecular weight excluding hydrogens is 343 g/mol. The predicted octanol–water partition coefficient (Wildman–Crippen LogP) is 3.47. The zero-order chi connectivity index (χ0) is 15.5. The molecule has 0 radical (unpaired) electrons. The fourth-order valence-electron chi connectivity index (χ4n) is 1.69. The molecular formula is C15H14BrFO4. The average molecular weight is 357 g/mol. The Hall–Kier alpha value is -1.82. The van der Waals surface area contributed by atoms with Crippen LogP contribution in [-0.2, 0) is 4.79 Å². The van der Waals surface area contributed by atoms with Crippen LogP contribution in [0.3, 0.4) is 0 Å². The number of carboxylic acid groups (broad SMARTS) is 1. The van der Waals surface area contributed by atoms with E-state index in [1.54, 1.807) is 42.5 Å². The molecule has 0 saturated carbocycles. The smallest absolute Gasteiger partial charge is 0.344 e. The molecule has 3 unspecified atom stereocenters. The van der Waals surface area contributed by atoms with Crippen molar-refractivity contribution in [1.29, 1.82) is 0 Å². The highest BCUT2D eigenvalue weighted by Crippen LogP contribution is 2.33. The third-order valence-electron chi connectivity index (χ3n) is 2.84. The molecule has 0 amide bonds. The summed E-state index contributed by atoms with van der Waals surface area (Å²) in [6, 6.07) is 6.34. The number of hydrogen-bond acceptors (Lipinski definition) is 3. The molecule has 0 heterocycles. The van der Waals surface area contributed by atoms with Crippen molar-refractivity contribution in [3.8, 4) is 11.5 Å². The van der Waals surface area contributed by atoms with Gasteiger partial charge in [0.05, 0.1) is 0 Å². The quantitative estimate of drug-likeness (QED) is 0.820. The van der Waals surface area contributed by atoms with E-state index in [0.717, 1.165) is 0 Å². The lowest BCUT2D eigenvalue weighted by Crippen LogP contribution is -2.34. The van der Waals surface area contributed by atoms with Gasteiger partial charge in [-0.3, -0.25) is 0 Å². The Morgan fingerprint density at radius 2 is 1.95 bits per heavy atom. The first-order valence-electron chi connectivity index (χ1n) is 6.28. The van der Waals surface area contributed by atoms with E-state index in [0.29, 0.717) is 11.5 Å². The van der Waals surface area contributed by atoms with E-state index in [2.05, 4.69) is 15.9 Å². The van der Waals surface area contributed by atoms with E-state index < -0.39 is 22.8 Å². The van der Waals surface area contributed by atoms with Crippen molar-refractivity contribution in [2.45, 2.75) is 23.7 Å². The largest absolute Gasteiger partial charge is 0.482 e. The van der Waals surface area contributed by atoms with Crippen LogP contribution in [0.2, 0.25) is 0 Å². The standard InChI is InChI=1S/C15H14BrFO4/c1-10(14(18)19)20-11-5-7-12(8-6-11)21-13-4-2-3-9-15(13,16)17/h2-10,13H,1H3,(H,18,19). The summed E-state index contributed by atoms with van der Waals surface area (Å²) in [4.78, 5) is 10.7. The van der Waals surface area contributed by atoms with E-state index in [-0.39, 0.29) is 0 Å². The molecule has 6 heteroatoms. The van der Waals surface area contributed by atoms with Crippen LogP contribution in [0.4, 0.5) is 4.39 Å². The number of benzene rings is 1. The van der Waals surface area contributed by atoms with Crippen molar-refractivity contribution in [2.75, 3.05) is 0 Å². The Balaban J connectivity index is 2.01. The Morgan fingerprint density at radius 1 is 1.33 bits per heavy atom. The topological polar surface area (TPSA) is 55.8 Å². The molecule has 3 atom stereocenters. The molecule has 4 nitrogen and oxygen atoms in total. The summed E-state index contributed by atoms with van der Waals surface area (Å²) < 4.78 is 23.1. The van der Waals surface area contributed by atoms with Crippen LogP contribution in [-0.4, -0.2) is 27.9 Å². The van der Waals surface area contributed by atoms with Gasteiger partial charge >= 0.3 is 5.97 Å². The third-order valence-corrected chi connectivity index (χ3v) is 3.56. The molecule has 1 N–H and O–H groups in total. The highest BCUT2D eigenvalue weighted by atomic mass is 79.9. The van der Waals surface area contributed by atoms with Gasteiger partial charge in [0, 0.05) is 0 Å².